The van der Waals surface area contributed by atoms with Gasteiger partial charge in [-0.1, -0.05) is 6.07 Å². The van der Waals surface area contributed by atoms with E-state index in [1.807, 2.05) is 0 Å². The summed E-state index contributed by atoms with van der Waals surface area (Å²) < 4.78 is 52.9. The number of non-ortho nitro benzene ring substituents is 1. The molecule has 2 aromatic carbocycles. The van der Waals surface area contributed by atoms with Crippen molar-refractivity contribution in [1.29, 1.82) is 0 Å². The van der Waals surface area contributed by atoms with E-state index in [4.69, 9.17) is 4.18 Å². The second kappa shape index (κ2) is 6.49. The number of hydrogen-bond acceptors (Lipinski definition) is 7. The quantitative estimate of drug-likeness (QED) is 0.401. The molecule has 2 rings (SSSR count). The average Bonchev–Trinajstić information content (AvgIpc) is 2.46. The van der Waals surface area contributed by atoms with Crippen molar-refractivity contribution >= 4 is 41.6 Å². The van der Waals surface area contributed by atoms with Crippen LogP contribution in [0.1, 0.15) is 0 Å². The van der Waals surface area contributed by atoms with E-state index < -0.39 is 29.8 Å². The number of rotatable bonds is 5. The van der Waals surface area contributed by atoms with Crippen LogP contribution < -0.4 is 4.18 Å². The van der Waals surface area contributed by atoms with Crippen molar-refractivity contribution < 1.29 is 25.9 Å². The number of nitrogens with zero attached hydrogens (tertiary/aromatic N) is 1. The molecule has 24 heavy (non-hydrogen) atoms. The van der Waals surface area contributed by atoms with Gasteiger partial charge in [-0.05, 0) is 40.2 Å². The molecule has 0 aliphatic rings. The van der Waals surface area contributed by atoms with E-state index in [0.717, 1.165) is 18.4 Å². The molecule has 0 spiro atoms. The lowest BCUT2D eigenvalue weighted by atomic mass is 10.3. The summed E-state index contributed by atoms with van der Waals surface area (Å²) in [7, 11) is -8.03. The largest absolute Gasteiger partial charge is 0.379 e. The molecule has 0 amide bonds. The SMILES string of the molecule is CS(=O)(=O)c1ccc(Br)c(S(=O)(=O)Oc2cccc([N+](=O)[O-])c2)c1. The lowest BCUT2D eigenvalue weighted by molar-refractivity contribution is -0.384. The Kier molecular flexibility index (Phi) is 4.97. The third kappa shape index (κ3) is 4.10. The lowest BCUT2D eigenvalue weighted by Gasteiger charge is -2.09. The second-order valence-electron chi connectivity index (χ2n) is 4.66. The molecular weight excluding hydrogens is 426 g/mol. The average molecular weight is 436 g/mol. The van der Waals surface area contributed by atoms with E-state index in [2.05, 4.69) is 15.9 Å². The Labute approximate surface area is 146 Å². The summed E-state index contributed by atoms with van der Waals surface area (Å²) in [5.74, 6) is -0.263. The Bertz CT molecular complexity index is 1020. The summed E-state index contributed by atoms with van der Waals surface area (Å²) in [6.07, 6.45) is 0.939. The molecule has 128 valence electrons. The van der Waals surface area contributed by atoms with Crippen LogP contribution in [0.25, 0.3) is 0 Å². The second-order valence-corrected chi connectivity index (χ2v) is 9.04. The fourth-order valence-electron chi connectivity index (χ4n) is 1.73. The molecule has 11 heteroatoms. The van der Waals surface area contributed by atoms with Gasteiger partial charge in [-0.15, -0.1) is 0 Å². The van der Waals surface area contributed by atoms with Crippen LogP contribution >= 0.6 is 15.9 Å². The predicted octanol–water partition coefficient (Wildman–Crippen LogP) is 2.53. The van der Waals surface area contributed by atoms with Crippen molar-refractivity contribution in [3.63, 3.8) is 0 Å². The molecule has 0 unspecified atom stereocenters. The third-order valence-corrected chi connectivity index (χ3v) is 6.19. The highest BCUT2D eigenvalue weighted by molar-refractivity contribution is 9.10. The van der Waals surface area contributed by atoms with Gasteiger partial charge in [0.25, 0.3) is 5.69 Å². The van der Waals surface area contributed by atoms with Crippen LogP contribution in [-0.4, -0.2) is 28.0 Å². The van der Waals surface area contributed by atoms with Gasteiger partial charge in [-0.25, -0.2) is 8.42 Å². The van der Waals surface area contributed by atoms with Crippen LogP contribution in [0, 0.1) is 10.1 Å². The van der Waals surface area contributed by atoms with E-state index in [-0.39, 0.29) is 20.8 Å². The van der Waals surface area contributed by atoms with Crippen molar-refractivity contribution in [2.24, 2.45) is 0 Å². The summed E-state index contributed by atoms with van der Waals surface area (Å²) in [5.41, 5.74) is -0.341. The maximum Gasteiger partial charge on any atom is 0.340 e. The Balaban J connectivity index is 2.48. The molecule has 0 saturated carbocycles. The van der Waals surface area contributed by atoms with Crippen molar-refractivity contribution in [3.8, 4) is 5.75 Å². The molecule has 0 aliphatic heterocycles. The molecule has 8 nitrogen and oxygen atoms in total. The first kappa shape index (κ1) is 18.4. The van der Waals surface area contributed by atoms with Crippen LogP contribution in [0.3, 0.4) is 0 Å². The number of nitro groups is 1. The minimum atomic E-state index is -4.40. The van der Waals surface area contributed by atoms with Crippen molar-refractivity contribution in [3.05, 3.63) is 57.1 Å². The first-order valence-corrected chi connectivity index (χ1v) is 10.3. The van der Waals surface area contributed by atoms with E-state index in [9.17, 15) is 26.9 Å². The minimum Gasteiger partial charge on any atom is -0.379 e. The van der Waals surface area contributed by atoms with Crippen molar-refractivity contribution in [1.82, 2.24) is 0 Å². The van der Waals surface area contributed by atoms with Gasteiger partial charge in [-0.3, -0.25) is 10.1 Å². The summed E-state index contributed by atoms with van der Waals surface area (Å²) in [6.45, 7) is 0. The van der Waals surface area contributed by atoms with Crippen LogP contribution in [0.5, 0.6) is 5.75 Å². The van der Waals surface area contributed by atoms with Gasteiger partial charge < -0.3 is 4.18 Å². The molecule has 0 saturated heterocycles. The van der Waals surface area contributed by atoms with Gasteiger partial charge in [0.15, 0.2) is 9.84 Å². The minimum absolute atomic E-state index is 0.0975. The van der Waals surface area contributed by atoms with Crippen LogP contribution in [-0.2, 0) is 20.0 Å². The Morgan fingerprint density at radius 2 is 1.75 bits per heavy atom. The van der Waals surface area contributed by atoms with Crippen LogP contribution in [0.2, 0.25) is 0 Å². The van der Waals surface area contributed by atoms with Gasteiger partial charge in [0.2, 0.25) is 0 Å². The normalized spacial score (nSPS) is 11.9. The Morgan fingerprint density at radius 3 is 2.33 bits per heavy atom. The molecule has 0 atom stereocenters. The zero-order valence-corrected chi connectivity index (χ0v) is 15.3. The lowest BCUT2D eigenvalue weighted by Crippen LogP contribution is -2.11. The Hall–Kier alpha value is -1.98. The summed E-state index contributed by atoms with van der Waals surface area (Å²) in [6, 6.07) is 8.09. The number of hydrogen-bond donors (Lipinski definition) is 0. The highest BCUT2D eigenvalue weighted by atomic mass is 79.9. The number of sulfone groups is 1. The van der Waals surface area contributed by atoms with Crippen molar-refractivity contribution in [2.75, 3.05) is 6.26 Å². The maximum absolute atomic E-state index is 12.4. The molecule has 2 aromatic rings. The topological polar surface area (TPSA) is 121 Å². The van der Waals surface area contributed by atoms with Crippen LogP contribution in [0.15, 0.2) is 56.7 Å². The van der Waals surface area contributed by atoms with Crippen molar-refractivity contribution in [2.45, 2.75) is 9.79 Å². The summed E-state index contributed by atoms with van der Waals surface area (Å²) in [5, 5.41) is 10.7. The maximum atomic E-state index is 12.4. The number of nitro benzene ring substituents is 1. The summed E-state index contributed by atoms with van der Waals surface area (Å²) >= 11 is 3.02. The predicted molar refractivity (Wildman–Crippen MR) is 88.2 cm³/mol. The molecule has 0 aliphatic carbocycles. The van der Waals surface area contributed by atoms with E-state index in [1.165, 1.54) is 30.3 Å². The van der Waals surface area contributed by atoms with Crippen LogP contribution in [0.4, 0.5) is 5.69 Å². The van der Waals surface area contributed by atoms with E-state index >= 15 is 0 Å². The first-order valence-electron chi connectivity index (χ1n) is 6.19. The fourth-order valence-corrected chi connectivity index (χ4v) is 4.31. The molecular formula is C13H10BrNO7S2. The smallest absolute Gasteiger partial charge is 0.340 e. The monoisotopic (exact) mass is 435 g/mol. The standard InChI is InChI=1S/C13H10BrNO7S2/c1-23(18,19)11-5-6-12(14)13(8-11)24(20,21)22-10-4-2-3-9(7-10)15(16)17/h2-8H,1H3. The number of benzene rings is 2. The number of halogens is 1. The van der Waals surface area contributed by atoms with Gasteiger partial charge in [0.05, 0.1) is 15.9 Å². The molecule has 0 aromatic heterocycles. The van der Waals surface area contributed by atoms with Gasteiger partial charge in [0.1, 0.15) is 10.6 Å². The summed E-state index contributed by atoms with van der Waals surface area (Å²) in [4.78, 5) is 9.42. The highest BCUT2D eigenvalue weighted by Gasteiger charge is 2.23. The van der Waals surface area contributed by atoms with E-state index in [1.54, 1.807) is 0 Å². The molecule has 0 fully saturated rings. The first-order chi connectivity index (χ1) is 11.0. The van der Waals surface area contributed by atoms with Gasteiger partial charge in [-0.2, -0.15) is 8.42 Å². The third-order valence-electron chi connectivity index (χ3n) is 2.83. The highest BCUT2D eigenvalue weighted by Crippen LogP contribution is 2.29. The van der Waals surface area contributed by atoms with Gasteiger partial charge >= 0.3 is 10.1 Å². The molecule has 0 radical (unpaired) electrons. The molecule has 0 bridgehead atoms. The van der Waals surface area contributed by atoms with E-state index in [0.29, 0.717) is 0 Å². The molecule has 0 N–H and O–H groups in total. The van der Waals surface area contributed by atoms with Gasteiger partial charge in [0, 0.05) is 16.8 Å². The molecule has 0 heterocycles. The Morgan fingerprint density at radius 1 is 1.08 bits per heavy atom. The zero-order valence-electron chi connectivity index (χ0n) is 12.0. The zero-order chi connectivity index (χ0) is 18.1. The fraction of sp³-hybridized carbons (Fsp3) is 0.0769.